The van der Waals surface area contributed by atoms with Crippen LogP contribution in [0, 0.1) is 5.82 Å². The maximum absolute atomic E-state index is 13.1. The van der Waals surface area contributed by atoms with Crippen molar-refractivity contribution in [2.45, 2.75) is 10.1 Å². The molecular weight excluding hydrogens is 229 g/mol. The summed E-state index contributed by atoms with van der Waals surface area (Å²) >= 11 is 1.26. The topological polar surface area (TPSA) is 47.8 Å². The lowest BCUT2D eigenvalue weighted by molar-refractivity contribution is 0.112. The van der Waals surface area contributed by atoms with Gasteiger partial charge in [0.25, 0.3) is 0 Å². The summed E-state index contributed by atoms with van der Waals surface area (Å²) in [5, 5.41) is 8.21. The standard InChI is InChI=1S/C10H8FN3OS/c1-14-6-12-13-10(14)16-9-3-7(5-15)2-8(11)4-9/h2-6H,1H3. The van der Waals surface area contributed by atoms with E-state index in [1.165, 1.54) is 23.9 Å². The Hall–Kier alpha value is -1.69. The van der Waals surface area contributed by atoms with Gasteiger partial charge in [0.05, 0.1) is 0 Å². The van der Waals surface area contributed by atoms with Crippen LogP contribution in [-0.4, -0.2) is 21.1 Å². The summed E-state index contributed by atoms with van der Waals surface area (Å²) in [5.74, 6) is -0.436. The Morgan fingerprint density at radius 2 is 2.25 bits per heavy atom. The third-order valence-corrected chi connectivity index (χ3v) is 2.93. The number of aromatic nitrogens is 3. The predicted octanol–water partition coefficient (Wildman–Crippen LogP) is 1.92. The molecule has 0 atom stereocenters. The lowest BCUT2D eigenvalue weighted by Crippen LogP contribution is -1.90. The van der Waals surface area contributed by atoms with Gasteiger partial charge in [-0.25, -0.2) is 4.39 Å². The highest BCUT2D eigenvalue weighted by molar-refractivity contribution is 7.99. The van der Waals surface area contributed by atoms with Crippen molar-refractivity contribution in [1.82, 2.24) is 14.8 Å². The van der Waals surface area contributed by atoms with Gasteiger partial charge in [-0.1, -0.05) is 0 Å². The van der Waals surface area contributed by atoms with Crippen molar-refractivity contribution in [3.8, 4) is 0 Å². The number of carbonyl (C=O) groups excluding carboxylic acids is 1. The van der Waals surface area contributed by atoms with Crippen molar-refractivity contribution in [3.05, 3.63) is 35.9 Å². The zero-order valence-electron chi connectivity index (χ0n) is 8.42. The maximum atomic E-state index is 13.1. The van der Waals surface area contributed by atoms with Crippen molar-refractivity contribution >= 4 is 18.0 Å². The van der Waals surface area contributed by atoms with Gasteiger partial charge in [0.2, 0.25) is 0 Å². The van der Waals surface area contributed by atoms with Crippen LogP contribution in [0.25, 0.3) is 0 Å². The summed E-state index contributed by atoms with van der Waals surface area (Å²) in [6.07, 6.45) is 2.17. The molecule has 0 saturated heterocycles. The summed E-state index contributed by atoms with van der Waals surface area (Å²) < 4.78 is 14.8. The molecule has 0 amide bonds. The van der Waals surface area contributed by atoms with Crippen LogP contribution >= 0.6 is 11.8 Å². The van der Waals surface area contributed by atoms with Gasteiger partial charge < -0.3 is 4.57 Å². The van der Waals surface area contributed by atoms with Crippen LogP contribution < -0.4 is 0 Å². The Balaban J connectivity index is 2.31. The highest BCUT2D eigenvalue weighted by Crippen LogP contribution is 2.26. The predicted molar refractivity (Wildman–Crippen MR) is 56.9 cm³/mol. The number of hydrogen-bond acceptors (Lipinski definition) is 4. The lowest BCUT2D eigenvalue weighted by Gasteiger charge is -2.01. The summed E-state index contributed by atoms with van der Waals surface area (Å²) in [5.41, 5.74) is 0.310. The molecule has 1 aromatic carbocycles. The normalized spacial score (nSPS) is 10.4. The highest BCUT2D eigenvalue weighted by atomic mass is 32.2. The van der Waals surface area contributed by atoms with E-state index in [9.17, 15) is 9.18 Å². The van der Waals surface area contributed by atoms with Crippen molar-refractivity contribution in [1.29, 1.82) is 0 Å². The van der Waals surface area contributed by atoms with E-state index in [2.05, 4.69) is 10.2 Å². The van der Waals surface area contributed by atoms with E-state index in [0.717, 1.165) is 0 Å². The summed E-state index contributed by atoms with van der Waals surface area (Å²) in [4.78, 5) is 11.2. The molecular formula is C10H8FN3OS. The molecule has 0 radical (unpaired) electrons. The highest BCUT2D eigenvalue weighted by Gasteiger charge is 2.06. The minimum absolute atomic E-state index is 0.310. The van der Waals surface area contributed by atoms with Gasteiger partial charge in [-0.3, -0.25) is 4.79 Å². The molecule has 2 rings (SSSR count). The summed E-state index contributed by atoms with van der Waals surface area (Å²) in [6, 6.07) is 4.15. The molecule has 6 heteroatoms. The minimum atomic E-state index is -0.436. The number of carbonyl (C=O) groups is 1. The molecule has 1 heterocycles. The molecule has 4 nitrogen and oxygen atoms in total. The fourth-order valence-corrected chi connectivity index (χ4v) is 2.04. The van der Waals surface area contributed by atoms with E-state index in [-0.39, 0.29) is 0 Å². The molecule has 0 saturated carbocycles. The second kappa shape index (κ2) is 4.44. The molecule has 0 aliphatic heterocycles. The molecule has 0 spiro atoms. The molecule has 0 aliphatic rings. The van der Waals surface area contributed by atoms with Crippen molar-refractivity contribution in [3.63, 3.8) is 0 Å². The fourth-order valence-electron chi connectivity index (χ4n) is 1.18. The average molecular weight is 237 g/mol. The molecule has 2 aromatic rings. The van der Waals surface area contributed by atoms with Crippen LogP contribution in [0.15, 0.2) is 34.6 Å². The van der Waals surface area contributed by atoms with Gasteiger partial charge in [-0.2, -0.15) is 0 Å². The number of nitrogens with zero attached hydrogens (tertiary/aromatic N) is 3. The van der Waals surface area contributed by atoms with Gasteiger partial charge in [0.15, 0.2) is 5.16 Å². The number of rotatable bonds is 3. The zero-order chi connectivity index (χ0) is 11.5. The zero-order valence-corrected chi connectivity index (χ0v) is 9.24. The molecule has 0 bridgehead atoms. The van der Waals surface area contributed by atoms with Crippen LogP contribution in [0.5, 0.6) is 0 Å². The summed E-state index contributed by atoms with van der Waals surface area (Å²) in [6.45, 7) is 0. The molecule has 0 aliphatic carbocycles. The van der Waals surface area contributed by atoms with E-state index in [1.54, 1.807) is 24.0 Å². The molecule has 0 N–H and O–H groups in total. The van der Waals surface area contributed by atoms with E-state index in [1.807, 2.05) is 0 Å². The fraction of sp³-hybridized carbons (Fsp3) is 0.100. The molecule has 0 fully saturated rings. The number of aryl methyl sites for hydroxylation is 1. The quantitative estimate of drug-likeness (QED) is 0.765. The Kier molecular flexibility index (Phi) is 3.00. The van der Waals surface area contributed by atoms with E-state index >= 15 is 0 Å². The summed E-state index contributed by atoms with van der Waals surface area (Å²) in [7, 11) is 1.79. The first-order valence-electron chi connectivity index (χ1n) is 4.46. The van der Waals surface area contributed by atoms with E-state index in [0.29, 0.717) is 21.9 Å². The van der Waals surface area contributed by atoms with Gasteiger partial charge in [-0.05, 0) is 30.0 Å². The van der Waals surface area contributed by atoms with Crippen LogP contribution in [0.1, 0.15) is 10.4 Å². The van der Waals surface area contributed by atoms with Crippen molar-refractivity contribution in [2.24, 2.45) is 7.05 Å². The van der Waals surface area contributed by atoms with Crippen LogP contribution in [0.3, 0.4) is 0 Å². The van der Waals surface area contributed by atoms with Crippen LogP contribution in [0.2, 0.25) is 0 Å². The monoisotopic (exact) mass is 237 g/mol. The number of aldehydes is 1. The average Bonchev–Trinajstić information content (AvgIpc) is 2.63. The Morgan fingerprint density at radius 1 is 1.44 bits per heavy atom. The molecule has 0 unspecified atom stereocenters. The first-order valence-corrected chi connectivity index (χ1v) is 5.28. The smallest absolute Gasteiger partial charge is 0.195 e. The number of benzene rings is 1. The van der Waals surface area contributed by atoms with Gasteiger partial charge in [-0.15, -0.1) is 10.2 Å². The first kappa shape index (κ1) is 10.8. The van der Waals surface area contributed by atoms with Gasteiger partial charge in [0.1, 0.15) is 18.4 Å². The van der Waals surface area contributed by atoms with E-state index in [4.69, 9.17) is 0 Å². The largest absolute Gasteiger partial charge is 0.311 e. The maximum Gasteiger partial charge on any atom is 0.195 e. The molecule has 82 valence electrons. The second-order valence-corrected chi connectivity index (χ2v) is 4.21. The van der Waals surface area contributed by atoms with Gasteiger partial charge in [0, 0.05) is 17.5 Å². The Labute approximate surface area is 95.5 Å². The SMILES string of the molecule is Cn1cnnc1Sc1cc(F)cc(C=O)c1. The third kappa shape index (κ3) is 2.27. The van der Waals surface area contributed by atoms with Crippen LogP contribution in [0.4, 0.5) is 4.39 Å². The second-order valence-electron chi connectivity index (χ2n) is 3.16. The first-order chi connectivity index (χ1) is 7.69. The molecule has 16 heavy (non-hydrogen) atoms. The number of halogens is 1. The van der Waals surface area contributed by atoms with Gasteiger partial charge >= 0.3 is 0 Å². The lowest BCUT2D eigenvalue weighted by atomic mass is 10.2. The van der Waals surface area contributed by atoms with Crippen molar-refractivity contribution < 1.29 is 9.18 Å². The Morgan fingerprint density at radius 3 is 2.88 bits per heavy atom. The van der Waals surface area contributed by atoms with E-state index < -0.39 is 5.82 Å². The van der Waals surface area contributed by atoms with Crippen molar-refractivity contribution in [2.75, 3.05) is 0 Å². The minimum Gasteiger partial charge on any atom is -0.311 e. The number of hydrogen-bond donors (Lipinski definition) is 0. The molecule has 1 aromatic heterocycles. The third-order valence-electron chi connectivity index (χ3n) is 1.91. The van der Waals surface area contributed by atoms with Crippen LogP contribution in [-0.2, 0) is 7.05 Å². The Bertz CT molecular complexity index is 527.